The molecule has 16 heavy (non-hydrogen) atoms. The van der Waals surface area contributed by atoms with Gasteiger partial charge in [-0.25, -0.2) is 4.79 Å². The first-order chi connectivity index (χ1) is 7.29. The molecule has 1 heterocycles. The molecule has 0 spiro atoms. The van der Waals surface area contributed by atoms with E-state index in [0.717, 1.165) is 19.6 Å². The Balaban J connectivity index is 2.64. The highest BCUT2D eigenvalue weighted by molar-refractivity contribution is 5.68. The van der Waals surface area contributed by atoms with Gasteiger partial charge in [0.1, 0.15) is 5.60 Å². The molecule has 0 radical (unpaired) electrons. The van der Waals surface area contributed by atoms with Gasteiger partial charge in [0.25, 0.3) is 0 Å². The number of nitrogens with one attached hydrogen (secondary N) is 1. The Kier molecular flexibility index (Phi) is 4.19. The zero-order chi connectivity index (χ0) is 12.3. The first-order valence-corrected chi connectivity index (χ1v) is 6.00. The molecule has 1 saturated heterocycles. The van der Waals surface area contributed by atoms with Gasteiger partial charge in [-0.15, -0.1) is 0 Å². The molecule has 1 aliphatic rings. The lowest BCUT2D eigenvalue weighted by atomic mass is 10.1. The summed E-state index contributed by atoms with van der Waals surface area (Å²) >= 11 is 0. The van der Waals surface area contributed by atoms with Crippen molar-refractivity contribution in [1.82, 2.24) is 10.2 Å². The van der Waals surface area contributed by atoms with Crippen LogP contribution in [-0.2, 0) is 4.74 Å². The summed E-state index contributed by atoms with van der Waals surface area (Å²) < 4.78 is 5.41. The van der Waals surface area contributed by atoms with Crippen molar-refractivity contribution in [1.29, 1.82) is 0 Å². The predicted octanol–water partition coefficient (Wildman–Crippen LogP) is 1.85. The molecule has 1 aliphatic heterocycles. The van der Waals surface area contributed by atoms with E-state index in [1.807, 2.05) is 25.7 Å². The van der Waals surface area contributed by atoms with E-state index in [0.29, 0.717) is 5.92 Å². The smallest absolute Gasteiger partial charge is 0.410 e. The first kappa shape index (κ1) is 13.3. The van der Waals surface area contributed by atoms with Crippen molar-refractivity contribution in [2.24, 2.45) is 5.92 Å². The lowest BCUT2D eigenvalue weighted by Gasteiger charge is -2.31. The molecule has 1 N–H and O–H groups in total. The standard InChI is InChI=1S/C12H24N2O2/c1-9-6-13-7-10(2)14(8-9)11(15)16-12(3,4)5/h9-10,13H,6-8H2,1-5H3. The maximum Gasteiger partial charge on any atom is 0.410 e. The van der Waals surface area contributed by atoms with Crippen LogP contribution in [0.25, 0.3) is 0 Å². The molecule has 0 aromatic rings. The first-order valence-electron chi connectivity index (χ1n) is 6.00. The summed E-state index contributed by atoms with van der Waals surface area (Å²) in [6.45, 7) is 12.5. The van der Waals surface area contributed by atoms with E-state index in [4.69, 9.17) is 4.74 Å². The summed E-state index contributed by atoms with van der Waals surface area (Å²) in [5.74, 6) is 0.470. The van der Waals surface area contributed by atoms with Crippen molar-refractivity contribution in [3.63, 3.8) is 0 Å². The minimum Gasteiger partial charge on any atom is -0.444 e. The topological polar surface area (TPSA) is 41.6 Å². The molecule has 4 heteroatoms. The quantitative estimate of drug-likeness (QED) is 0.688. The Morgan fingerprint density at radius 1 is 1.31 bits per heavy atom. The van der Waals surface area contributed by atoms with Crippen molar-refractivity contribution in [2.75, 3.05) is 19.6 Å². The van der Waals surface area contributed by atoms with E-state index in [9.17, 15) is 4.79 Å². The molecule has 4 nitrogen and oxygen atoms in total. The van der Waals surface area contributed by atoms with E-state index >= 15 is 0 Å². The molecule has 0 aromatic heterocycles. The number of amides is 1. The van der Waals surface area contributed by atoms with Crippen LogP contribution in [0.4, 0.5) is 4.79 Å². The number of ether oxygens (including phenoxy) is 1. The van der Waals surface area contributed by atoms with Crippen LogP contribution < -0.4 is 5.32 Å². The third kappa shape index (κ3) is 4.00. The molecule has 1 fully saturated rings. The Hall–Kier alpha value is -0.770. The monoisotopic (exact) mass is 228 g/mol. The van der Waals surface area contributed by atoms with Crippen LogP contribution in [0.15, 0.2) is 0 Å². The van der Waals surface area contributed by atoms with Gasteiger partial charge in [-0.3, -0.25) is 0 Å². The van der Waals surface area contributed by atoms with Crippen molar-refractivity contribution >= 4 is 6.09 Å². The average molecular weight is 228 g/mol. The fourth-order valence-corrected chi connectivity index (χ4v) is 1.80. The third-order valence-corrected chi connectivity index (χ3v) is 2.60. The fraction of sp³-hybridized carbons (Fsp3) is 0.917. The zero-order valence-electron chi connectivity index (χ0n) is 11.0. The van der Waals surface area contributed by atoms with E-state index in [2.05, 4.69) is 19.2 Å². The minimum absolute atomic E-state index is 0.194. The molecular weight excluding hydrogens is 204 g/mol. The average Bonchev–Trinajstić information content (AvgIpc) is 2.25. The number of carbonyl (C=O) groups is 1. The molecule has 2 unspecified atom stereocenters. The molecular formula is C12H24N2O2. The molecule has 0 saturated carbocycles. The maximum absolute atomic E-state index is 12.0. The van der Waals surface area contributed by atoms with Gasteiger partial charge in [0.15, 0.2) is 0 Å². The summed E-state index contributed by atoms with van der Waals surface area (Å²) in [4.78, 5) is 13.8. The van der Waals surface area contributed by atoms with E-state index in [-0.39, 0.29) is 12.1 Å². The van der Waals surface area contributed by atoms with Crippen LogP contribution in [0, 0.1) is 5.92 Å². The van der Waals surface area contributed by atoms with Crippen molar-refractivity contribution < 1.29 is 9.53 Å². The second-order valence-corrected chi connectivity index (χ2v) is 5.75. The lowest BCUT2D eigenvalue weighted by molar-refractivity contribution is 0.0172. The van der Waals surface area contributed by atoms with Gasteiger partial charge in [-0.1, -0.05) is 6.92 Å². The largest absolute Gasteiger partial charge is 0.444 e. The number of hydrogen-bond acceptors (Lipinski definition) is 3. The normalized spacial score (nSPS) is 27.4. The van der Waals surface area contributed by atoms with Crippen molar-refractivity contribution in [2.45, 2.75) is 46.3 Å². The Morgan fingerprint density at radius 3 is 2.50 bits per heavy atom. The van der Waals surface area contributed by atoms with Crippen LogP contribution in [0.5, 0.6) is 0 Å². The van der Waals surface area contributed by atoms with Crippen LogP contribution in [-0.4, -0.2) is 42.3 Å². The minimum atomic E-state index is -0.417. The molecule has 1 amide bonds. The van der Waals surface area contributed by atoms with E-state index in [1.54, 1.807) is 0 Å². The van der Waals surface area contributed by atoms with E-state index < -0.39 is 5.60 Å². The molecule has 1 rings (SSSR count). The second-order valence-electron chi connectivity index (χ2n) is 5.75. The highest BCUT2D eigenvalue weighted by atomic mass is 16.6. The van der Waals surface area contributed by atoms with E-state index in [1.165, 1.54) is 0 Å². The summed E-state index contributed by atoms with van der Waals surface area (Å²) in [6, 6.07) is 0.194. The van der Waals surface area contributed by atoms with Gasteiger partial charge in [-0.2, -0.15) is 0 Å². The molecule has 0 aromatic carbocycles. The van der Waals surface area contributed by atoms with Gasteiger partial charge >= 0.3 is 6.09 Å². The summed E-state index contributed by atoms with van der Waals surface area (Å²) in [5, 5.41) is 3.35. The van der Waals surface area contributed by atoms with Gasteiger partial charge in [0.05, 0.1) is 0 Å². The summed E-state index contributed by atoms with van der Waals surface area (Å²) in [5.41, 5.74) is -0.417. The molecule has 2 atom stereocenters. The molecule has 0 bridgehead atoms. The van der Waals surface area contributed by atoms with Crippen molar-refractivity contribution in [3.05, 3.63) is 0 Å². The fourth-order valence-electron chi connectivity index (χ4n) is 1.80. The van der Waals surface area contributed by atoms with Crippen molar-refractivity contribution in [3.8, 4) is 0 Å². The predicted molar refractivity (Wildman–Crippen MR) is 64.4 cm³/mol. The third-order valence-electron chi connectivity index (χ3n) is 2.60. The highest BCUT2D eigenvalue weighted by Gasteiger charge is 2.28. The van der Waals surface area contributed by atoms with Crippen LogP contribution >= 0.6 is 0 Å². The molecule has 0 aliphatic carbocycles. The van der Waals surface area contributed by atoms with Gasteiger partial charge in [-0.05, 0) is 40.2 Å². The molecule has 94 valence electrons. The zero-order valence-corrected chi connectivity index (χ0v) is 11.0. The number of hydrogen-bond donors (Lipinski definition) is 1. The maximum atomic E-state index is 12.0. The number of nitrogens with zero attached hydrogens (tertiary/aromatic N) is 1. The van der Waals surface area contributed by atoms with Gasteiger partial charge in [0, 0.05) is 19.1 Å². The van der Waals surface area contributed by atoms with Crippen LogP contribution in [0.3, 0.4) is 0 Å². The van der Waals surface area contributed by atoms with Crippen LogP contribution in [0.1, 0.15) is 34.6 Å². The Morgan fingerprint density at radius 2 is 1.94 bits per heavy atom. The second kappa shape index (κ2) is 5.04. The van der Waals surface area contributed by atoms with Gasteiger partial charge in [0.2, 0.25) is 0 Å². The Labute approximate surface area is 98.3 Å². The summed E-state index contributed by atoms with van der Waals surface area (Å²) in [7, 11) is 0. The van der Waals surface area contributed by atoms with Crippen LogP contribution in [0.2, 0.25) is 0 Å². The number of carbonyl (C=O) groups excluding carboxylic acids is 1. The summed E-state index contributed by atoms with van der Waals surface area (Å²) in [6.07, 6.45) is -0.199. The SMILES string of the molecule is CC1CNCC(C)N(C(=O)OC(C)(C)C)C1. The van der Waals surface area contributed by atoms with Gasteiger partial charge < -0.3 is 15.0 Å². The highest BCUT2D eigenvalue weighted by Crippen LogP contribution is 2.15. The Bertz CT molecular complexity index is 248. The number of rotatable bonds is 0. The lowest BCUT2D eigenvalue weighted by Crippen LogP contribution is -2.45.